The lowest BCUT2D eigenvalue weighted by atomic mass is 9.94. The molecule has 0 radical (unpaired) electrons. The molecule has 0 aliphatic carbocycles. The highest BCUT2D eigenvalue weighted by Crippen LogP contribution is 2.42. The lowest BCUT2D eigenvalue weighted by Gasteiger charge is -2.20. The monoisotopic (exact) mass is 613 g/mol. The maximum atomic E-state index is 14.1. The van der Waals surface area contributed by atoms with E-state index >= 15 is 0 Å². The number of benzene rings is 3. The van der Waals surface area contributed by atoms with E-state index in [1.54, 1.807) is 12.1 Å². The third-order valence-corrected chi connectivity index (χ3v) is 7.45. The van der Waals surface area contributed by atoms with Crippen LogP contribution < -0.4 is 16.4 Å². The van der Waals surface area contributed by atoms with Gasteiger partial charge in [0.15, 0.2) is 5.96 Å². The smallest absolute Gasteiger partial charge is 0.258 e. The van der Waals surface area contributed by atoms with Crippen molar-refractivity contribution in [2.75, 3.05) is 12.4 Å². The third-order valence-electron chi connectivity index (χ3n) is 7.45. The van der Waals surface area contributed by atoms with Crippen molar-refractivity contribution in [3.63, 3.8) is 0 Å². The molecule has 0 spiro atoms. The van der Waals surface area contributed by atoms with Gasteiger partial charge in [0.25, 0.3) is 5.91 Å². The van der Waals surface area contributed by atoms with Gasteiger partial charge in [-0.3, -0.25) is 19.9 Å². The summed E-state index contributed by atoms with van der Waals surface area (Å²) >= 11 is 0. The summed E-state index contributed by atoms with van der Waals surface area (Å²) in [5.41, 5.74) is 10.3. The third kappa shape index (κ3) is 8.43. The number of para-hydroxylation sites is 1. The van der Waals surface area contributed by atoms with Crippen LogP contribution in [0.1, 0.15) is 55.1 Å². The van der Waals surface area contributed by atoms with E-state index in [0.717, 1.165) is 11.3 Å². The van der Waals surface area contributed by atoms with Gasteiger partial charge >= 0.3 is 0 Å². The van der Waals surface area contributed by atoms with Crippen LogP contribution in [0.15, 0.2) is 89.9 Å². The lowest BCUT2D eigenvalue weighted by Crippen LogP contribution is -2.38. The highest BCUT2D eigenvalue weighted by Gasteiger charge is 2.31. The number of aliphatic hydroxyl groups excluding tert-OH is 2. The van der Waals surface area contributed by atoms with Crippen molar-refractivity contribution in [1.82, 2.24) is 9.88 Å². The molecule has 0 unspecified atom stereocenters. The van der Waals surface area contributed by atoms with Crippen molar-refractivity contribution in [3.8, 4) is 22.4 Å². The zero-order valence-corrected chi connectivity index (χ0v) is 25.7. The number of aliphatic imine (C=N–C) groups is 1. The first-order valence-corrected chi connectivity index (χ1v) is 14.9. The Morgan fingerprint density at radius 2 is 1.53 bits per heavy atom. The van der Waals surface area contributed by atoms with Gasteiger partial charge in [0.1, 0.15) is 5.82 Å². The molecule has 0 fully saturated rings. The molecule has 0 saturated carbocycles. The molecule has 2 amide bonds. The van der Waals surface area contributed by atoms with Crippen LogP contribution in [0.3, 0.4) is 0 Å². The number of hydrogen-bond donors (Lipinski definition) is 5. The number of nitrogens with zero attached hydrogens (tertiary/aromatic N) is 2. The standard InChI is InChI=1S/C35H40FN5O4/c1-22(2)32-31(34(45)39-26-12-8-5-9-13-26)30(23-10-6-4-7-11-23)33(24-14-16-25(36)17-15-24)41(32)19-18-27(42)20-28(43)21-29(44)40-35(37)38-3/h4-17,22,27-28,42-43H,18-21H2,1-3H3,(H,39,45)(H3,37,38,40,44)/t27-,28-/m1/s1. The number of carbonyl (C=O) groups excluding carboxylic acids is 2. The Balaban J connectivity index is 1.78. The second-order valence-electron chi connectivity index (χ2n) is 11.2. The fourth-order valence-corrected chi connectivity index (χ4v) is 5.47. The molecule has 4 aromatic rings. The van der Waals surface area contributed by atoms with Gasteiger partial charge in [0.05, 0.1) is 29.9 Å². The Labute approximate surface area is 262 Å². The van der Waals surface area contributed by atoms with Crippen LogP contribution in [0.4, 0.5) is 10.1 Å². The number of halogens is 1. The van der Waals surface area contributed by atoms with Gasteiger partial charge in [-0.25, -0.2) is 4.39 Å². The van der Waals surface area contributed by atoms with Gasteiger partial charge in [-0.15, -0.1) is 0 Å². The van der Waals surface area contributed by atoms with Gasteiger partial charge in [-0.2, -0.15) is 0 Å². The minimum atomic E-state index is -1.11. The first-order chi connectivity index (χ1) is 21.6. The molecule has 0 aliphatic rings. The van der Waals surface area contributed by atoms with Gasteiger partial charge in [-0.1, -0.05) is 62.4 Å². The molecule has 9 nitrogen and oxygen atoms in total. The number of amides is 2. The molecule has 10 heteroatoms. The van der Waals surface area contributed by atoms with E-state index in [1.165, 1.54) is 19.2 Å². The van der Waals surface area contributed by atoms with Crippen molar-refractivity contribution in [3.05, 3.63) is 102 Å². The number of nitrogens with one attached hydrogen (secondary N) is 2. The number of guanidine groups is 1. The first kappa shape index (κ1) is 33.1. The molecule has 6 N–H and O–H groups in total. The first-order valence-electron chi connectivity index (χ1n) is 14.9. The fraction of sp³-hybridized carbons (Fsp3) is 0.286. The number of rotatable bonds is 12. The van der Waals surface area contributed by atoms with Crippen molar-refractivity contribution in [2.45, 2.75) is 57.8 Å². The predicted molar refractivity (Wildman–Crippen MR) is 175 cm³/mol. The van der Waals surface area contributed by atoms with Crippen LogP contribution in [0.2, 0.25) is 0 Å². The molecular weight excluding hydrogens is 573 g/mol. The zero-order chi connectivity index (χ0) is 32.5. The molecule has 2 atom stereocenters. The van der Waals surface area contributed by atoms with Gasteiger partial charge < -0.3 is 25.8 Å². The summed E-state index contributed by atoms with van der Waals surface area (Å²) in [7, 11) is 1.43. The van der Waals surface area contributed by atoms with Gasteiger partial charge in [0.2, 0.25) is 5.91 Å². The van der Waals surface area contributed by atoms with Crippen LogP contribution in [0.25, 0.3) is 22.4 Å². The Bertz CT molecular complexity index is 1620. The number of aromatic nitrogens is 1. The Hall–Kier alpha value is -4.80. The molecule has 45 heavy (non-hydrogen) atoms. The van der Waals surface area contributed by atoms with E-state index in [9.17, 15) is 24.2 Å². The van der Waals surface area contributed by atoms with Crippen LogP contribution in [0.5, 0.6) is 0 Å². The quantitative estimate of drug-likeness (QED) is 0.109. The minimum Gasteiger partial charge on any atom is -0.393 e. The summed E-state index contributed by atoms with van der Waals surface area (Å²) in [5, 5.41) is 26.9. The van der Waals surface area contributed by atoms with Gasteiger partial charge in [-0.05, 0) is 66.3 Å². The highest BCUT2D eigenvalue weighted by molar-refractivity contribution is 6.12. The summed E-state index contributed by atoms with van der Waals surface area (Å²) in [5.74, 6) is -1.36. The van der Waals surface area contributed by atoms with E-state index in [4.69, 9.17) is 5.73 Å². The fourth-order valence-electron chi connectivity index (χ4n) is 5.47. The van der Waals surface area contributed by atoms with E-state index < -0.39 is 18.1 Å². The molecular formula is C35H40FN5O4. The summed E-state index contributed by atoms with van der Waals surface area (Å²) in [4.78, 5) is 29.9. The maximum absolute atomic E-state index is 14.1. The Kier molecular flexibility index (Phi) is 11.2. The van der Waals surface area contributed by atoms with Crippen molar-refractivity contribution < 1.29 is 24.2 Å². The summed E-state index contributed by atoms with van der Waals surface area (Å²) < 4.78 is 16.1. The van der Waals surface area contributed by atoms with Crippen LogP contribution in [-0.4, -0.2) is 51.8 Å². The van der Waals surface area contributed by atoms with E-state index in [1.807, 2.05) is 79.1 Å². The zero-order valence-electron chi connectivity index (χ0n) is 25.7. The molecule has 0 saturated heterocycles. The van der Waals surface area contributed by atoms with E-state index in [0.29, 0.717) is 28.1 Å². The largest absolute Gasteiger partial charge is 0.393 e. The number of carbonyl (C=O) groups is 2. The predicted octanol–water partition coefficient (Wildman–Crippen LogP) is 5.29. The average molecular weight is 614 g/mol. The second-order valence-corrected chi connectivity index (χ2v) is 11.2. The molecule has 236 valence electrons. The summed E-state index contributed by atoms with van der Waals surface area (Å²) in [6.07, 6.45) is -2.16. The molecule has 3 aromatic carbocycles. The number of anilines is 1. The molecule has 0 bridgehead atoms. The molecule has 1 aromatic heterocycles. The topological polar surface area (TPSA) is 142 Å². The normalized spacial score (nSPS) is 13.0. The van der Waals surface area contributed by atoms with Crippen LogP contribution in [-0.2, 0) is 11.3 Å². The van der Waals surface area contributed by atoms with Crippen molar-refractivity contribution in [1.29, 1.82) is 0 Å². The van der Waals surface area contributed by atoms with Crippen molar-refractivity contribution in [2.24, 2.45) is 10.7 Å². The average Bonchev–Trinajstić information content (AvgIpc) is 3.36. The lowest BCUT2D eigenvalue weighted by molar-refractivity contribution is -0.121. The summed E-state index contributed by atoms with van der Waals surface area (Å²) in [6, 6.07) is 24.9. The van der Waals surface area contributed by atoms with Crippen molar-refractivity contribution >= 4 is 23.5 Å². The van der Waals surface area contributed by atoms with E-state index in [2.05, 4.69) is 15.6 Å². The molecule has 4 rings (SSSR count). The SMILES string of the molecule is C/N=C(\N)NC(=O)C[C@H](O)C[C@H](O)CCn1c(-c2ccc(F)cc2)c(-c2ccccc2)c(C(=O)Nc2ccccc2)c1C(C)C. The molecule has 0 aliphatic heterocycles. The summed E-state index contributed by atoms with van der Waals surface area (Å²) in [6.45, 7) is 4.28. The Morgan fingerprint density at radius 3 is 2.13 bits per heavy atom. The highest BCUT2D eigenvalue weighted by atomic mass is 19.1. The van der Waals surface area contributed by atoms with Crippen LogP contribution >= 0.6 is 0 Å². The number of nitrogens with two attached hydrogens (primary N) is 1. The van der Waals surface area contributed by atoms with E-state index in [-0.39, 0.29) is 49.4 Å². The minimum absolute atomic E-state index is 0.0480. The Morgan fingerprint density at radius 1 is 0.911 bits per heavy atom. The number of aliphatic hydroxyl groups is 2. The second kappa shape index (κ2) is 15.3. The van der Waals surface area contributed by atoms with Crippen LogP contribution in [0, 0.1) is 5.82 Å². The maximum Gasteiger partial charge on any atom is 0.258 e. The molecule has 1 heterocycles. The van der Waals surface area contributed by atoms with Gasteiger partial charge in [0, 0.05) is 30.5 Å². The number of hydrogen-bond acceptors (Lipinski definition) is 5.